The van der Waals surface area contributed by atoms with Crippen LogP contribution in [-0.4, -0.2) is 0 Å². The van der Waals surface area contributed by atoms with Gasteiger partial charge in [-0.1, -0.05) is 59.8 Å². The third-order valence-electron chi connectivity index (χ3n) is 2.55. The molecule has 0 aromatic heterocycles. The van der Waals surface area contributed by atoms with Crippen molar-refractivity contribution in [3.8, 4) is 0 Å². The van der Waals surface area contributed by atoms with Crippen LogP contribution in [0.4, 0.5) is 0 Å². The maximum Gasteiger partial charge on any atom is -0.0420 e. The molecule has 0 nitrogen and oxygen atoms in total. The van der Waals surface area contributed by atoms with Gasteiger partial charge in [-0.2, -0.15) is 0 Å². The van der Waals surface area contributed by atoms with Crippen LogP contribution in [0.5, 0.6) is 0 Å². The molecule has 0 saturated carbocycles. The Hall–Kier alpha value is 0. The molecule has 0 heterocycles. The monoisotopic (exact) mass is 155 g/mol. The van der Waals surface area contributed by atoms with Gasteiger partial charge >= 0.3 is 0 Å². The minimum Gasteiger partial charge on any atom is -0.0625 e. The van der Waals surface area contributed by atoms with Crippen molar-refractivity contribution in [3.05, 3.63) is 6.92 Å². The molecule has 0 heteroatoms. The van der Waals surface area contributed by atoms with Crippen molar-refractivity contribution >= 4 is 0 Å². The van der Waals surface area contributed by atoms with Gasteiger partial charge in [0.1, 0.15) is 0 Å². The van der Waals surface area contributed by atoms with Gasteiger partial charge in [0.2, 0.25) is 0 Å². The molecule has 1 atom stereocenters. The Morgan fingerprint density at radius 3 is 2.09 bits per heavy atom. The summed E-state index contributed by atoms with van der Waals surface area (Å²) in [6.07, 6.45) is 6.59. The molecule has 0 aliphatic rings. The van der Waals surface area contributed by atoms with Crippen LogP contribution in [0.2, 0.25) is 0 Å². The van der Waals surface area contributed by atoms with Gasteiger partial charge in [-0.3, -0.25) is 0 Å². The molecule has 0 aromatic rings. The average molecular weight is 155 g/mol. The molecule has 1 radical (unpaired) electrons. The normalized spacial score (nSPS) is 13.9. The first kappa shape index (κ1) is 11.0. The summed E-state index contributed by atoms with van der Waals surface area (Å²) in [6, 6.07) is 0. The first-order valence-corrected chi connectivity index (χ1v) is 4.97. The van der Waals surface area contributed by atoms with E-state index in [1.165, 1.54) is 25.7 Å². The van der Waals surface area contributed by atoms with Crippen molar-refractivity contribution in [2.24, 2.45) is 11.8 Å². The second kappa shape index (κ2) is 6.69. The van der Waals surface area contributed by atoms with Crippen molar-refractivity contribution in [1.29, 1.82) is 0 Å². The van der Waals surface area contributed by atoms with Crippen LogP contribution in [-0.2, 0) is 0 Å². The predicted molar refractivity (Wildman–Crippen MR) is 52.4 cm³/mol. The van der Waals surface area contributed by atoms with Crippen LogP contribution in [0.15, 0.2) is 0 Å². The highest BCUT2D eigenvalue weighted by Crippen LogP contribution is 2.17. The topological polar surface area (TPSA) is 0 Å². The van der Waals surface area contributed by atoms with E-state index in [9.17, 15) is 0 Å². The molecule has 0 aliphatic heterocycles. The van der Waals surface area contributed by atoms with E-state index in [0.29, 0.717) is 0 Å². The SMILES string of the molecule is [CH2]CCCCCC(C)C(C)C. The third kappa shape index (κ3) is 6.40. The van der Waals surface area contributed by atoms with Gasteiger partial charge in [-0.05, 0) is 11.8 Å². The van der Waals surface area contributed by atoms with E-state index in [1.807, 2.05) is 0 Å². The van der Waals surface area contributed by atoms with E-state index >= 15 is 0 Å². The zero-order valence-corrected chi connectivity index (χ0v) is 8.40. The average Bonchev–Trinajstić information content (AvgIpc) is 1.97. The summed E-state index contributed by atoms with van der Waals surface area (Å²) in [5.74, 6) is 1.76. The molecule has 0 aromatic carbocycles. The zero-order valence-electron chi connectivity index (χ0n) is 8.40. The first-order valence-electron chi connectivity index (χ1n) is 4.97. The highest BCUT2D eigenvalue weighted by molar-refractivity contribution is 4.57. The number of hydrogen-bond acceptors (Lipinski definition) is 0. The second-order valence-corrected chi connectivity index (χ2v) is 3.92. The van der Waals surface area contributed by atoms with E-state index in [2.05, 4.69) is 27.7 Å². The summed E-state index contributed by atoms with van der Waals surface area (Å²) in [5.41, 5.74) is 0. The highest BCUT2D eigenvalue weighted by Gasteiger charge is 2.05. The fraction of sp³-hybridized carbons (Fsp3) is 0.909. The van der Waals surface area contributed by atoms with E-state index in [0.717, 1.165) is 18.3 Å². The molecule has 0 amide bonds. The lowest BCUT2D eigenvalue weighted by Crippen LogP contribution is -2.03. The third-order valence-corrected chi connectivity index (χ3v) is 2.55. The van der Waals surface area contributed by atoms with Crippen LogP contribution >= 0.6 is 0 Å². The Kier molecular flexibility index (Phi) is 6.69. The molecule has 0 spiro atoms. The first-order chi connectivity index (χ1) is 5.18. The minimum atomic E-state index is 0.856. The van der Waals surface area contributed by atoms with Gasteiger partial charge in [-0.15, -0.1) is 0 Å². The minimum absolute atomic E-state index is 0.856. The Bertz CT molecular complexity index is 74.1. The summed E-state index contributed by atoms with van der Waals surface area (Å²) in [6.45, 7) is 10.8. The van der Waals surface area contributed by atoms with E-state index < -0.39 is 0 Å². The number of rotatable bonds is 6. The largest absolute Gasteiger partial charge is 0.0625 e. The van der Waals surface area contributed by atoms with Crippen LogP contribution in [0.1, 0.15) is 52.9 Å². The van der Waals surface area contributed by atoms with Crippen molar-refractivity contribution in [1.82, 2.24) is 0 Å². The maximum atomic E-state index is 3.84. The molecule has 67 valence electrons. The molecule has 1 unspecified atom stereocenters. The summed E-state index contributed by atoms with van der Waals surface area (Å²) in [5, 5.41) is 0. The standard InChI is InChI=1S/C11H23/c1-5-6-7-8-9-11(4)10(2)3/h10-11H,1,5-9H2,2-4H3. The Balaban J connectivity index is 3.10. The highest BCUT2D eigenvalue weighted by atomic mass is 14.1. The lowest BCUT2D eigenvalue weighted by atomic mass is 9.92. The second-order valence-electron chi connectivity index (χ2n) is 3.92. The van der Waals surface area contributed by atoms with Gasteiger partial charge in [0.05, 0.1) is 0 Å². The molecule has 0 N–H and O–H groups in total. The lowest BCUT2D eigenvalue weighted by molar-refractivity contribution is 0.376. The van der Waals surface area contributed by atoms with Crippen molar-refractivity contribution in [3.63, 3.8) is 0 Å². The van der Waals surface area contributed by atoms with Gasteiger partial charge < -0.3 is 0 Å². The maximum absolute atomic E-state index is 3.84. The lowest BCUT2D eigenvalue weighted by Gasteiger charge is -2.14. The van der Waals surface area contributed by atoms with Crippen molar-refractivity contribution in [2.45, 2.75) is 52.9 Å². The van der Waals surface area contributed by atoms with Crippen molar-refractivity contribution < 1.29 is 0 Å². The molecule has 0 fully saturated rings. The van der Waals surface area contributed by atoms with Gasteiger partial charge in [0.25, 0.3) is 0 Å². The smallest absolute Gasteiger partial charge is 0.0420 e. The number of unbranched alkanes of at least 4 members (excludes halogenated alkanes) is 3. The molecule has 0 aliphatic carbocycles. The molecular weight excluding hydrogens is 132 g/mol. The summed E-state index contributed by atoms with van der Waals surface area (Å²) in [4.78, 5) is 0. The van der Waals surface area contributed by atoms with Crippen LogP contribution in [0, 0.1) is 18.8 Å². The zero-order chi connectivity index (χ0) is 8.69. The van der Waals surface area contributed by atoms with Gasteiger partial charge in [0, 0.05) is 0 Å². The van der Waals surface area contributed by atoms with Gasteiger partial charge in [-0.25, -0.2) is 0 Å². The molecule has 0 bridgehead atoms. The fourth-order valence-corrected chi connectivity index (χ4v) is 1.15. The quantitative estimate of drug-likeness (QED) is 0.507. The fourth-order valence-electron chi connectivity index (χ4n) is 1.15. The Morgan fingerprint density at radius 2 is 1.64 bits per heavy atom. The van der Waals surface area contributed by atoms with Crippen molar-refractivity contribution in [2.75, 3.05) is 0 Å². The van der Waals surface area contributed by atoms with Crippen LogP contribution < -0.4 is 0 Å². The Morgan fingerprint density at radius 1 is 1.00 bits per heavy atom. The Labute approximate surface area is 72.4 Å². The molecule has 0 rings (SSSR count). The van der Waals surface area contributed by atoms with E-state index in [4.69, 9.17) is 0 Å². The van der Waals surface area contributed by atoms with Crippen LogP contribution in [0.3, 0.4) is 0 Å². The summed E-state index contributed by atoms with van der Waals surface area (Å²) >= 11 is 0. The summed E-state index contributed by atoms with van der Waals surface area (Å²) < 4.78 is 0. The molecule has 11 heavy (non-hydrogen) atoms. The van der Waals surface area contributed by atoms with E-state index in [-0.39, 0.29) is 0 Å². The molecular formula is C11H23. The van der Waals surface area contributed by atoms with Gasteiger partial charge in [0.15, 0.2) is 0 Å². The molecule has 0 saturated heterocycles. The predicted octanol–water partition coefficient (Wildman–Crippen LogP) is 4.06. The number of hydrogen-bond donors (Lipinski definition) is 0. The summed E-state index contributed by atoms with van der Waals surface area (Å²) in [7, 11) is 0. The van der Waals surface area contributed by atoms with E-state index in [1.54, 1.807) is 0 Å². The van der Waals surface area contributed by atoms with Crippen LogP contribution in [0.25, 0.3) is 0 Å².